The van der Waals surface area contributed by atoms with E-state index in [1.165, 1.54) is 0 Å². The zero-order valence-electron chi connectivity index (χ0n) is 17.2. The van der Waals surface area contributed by atoms with Gasteiger partial charge in [-0.2, -0.15) is 4.98 Å². The van der Waals surface area contributed by atoms with Gasteiger partial charge < -0.3 is 14.0 Å². The number of hydrogen-bond acceptors (Lipinski definition) is 5. The lowest BCUT2D eigenvalue weighted by molar-refractivity contribution is 0.0682. The summed E-state index contributed by atoms with van der Waals surface area (Å²) in [5.74, 6) is 3.30. The number of nitrogens with zero attached hydrogens (tertiary/aromatic N) is 5. The van der Waals surface area contributed by atoms with Crippen LogP contribution >= 0.6 is 0 Å². The van der Waals surface area contributed by atoms with Crippen LogP contribution in [0.25, 0.3) is 11.4 Å². The highest BCUT2D eigenvalue weighted by Crippen LogP contribution is 2.23. The van der Waals surface area contributed by atoms with Crippen LogP contribution in [0.15, 0.2) is 41.2 Å². The predicted molar refractivity (Wildman–Crippen MR) is 109 cm³/mol. The van der Waals surface area contributed by atoms with E-state index in [0.717, 1.165) is 43.9 Å². The average molecular weight is 393 g/mol. The monoisotopic (exact) mass is 393 g/mol. The maximum absolute atomic E-state index is 12.9. The number of amides is 1. The molecule has 0 atom stereocenters. The molecule has 0 bridgehead atoms. The Morgan fingerprint density at radius 1 is 1.21 bits per heavy atom. The van der Waals surface area contributed by atoms with E-state index in [-0.39, 0.29) is 5.91 Å². The summed E-state index contributed by atoms with van der Waals surface area (Å²) in [5, 5.41) is 3.92. The van der Waals surface area contributed by atoms with E-state index in [4.69, 9.17) is 4.52 Å². The van der Waals surface area contributed by atoms with Gasteiger partial charge in [-0.25, -0.2) is 4.98 Å². The minimum absolute atomic E-state index is 0.0878. The summed E-state index contributed by atoms with van der Waals surface area (Å²) in [6.07, 6.45) is 5.98. The largest absolute Gasteiger partial charge is 0.339 e. The van der Waals surface area contributed by atoms with Crippen LogP contribution < -0.4 is 0 Å². The molecule has 7 nitrogen and oxygen atoms in total. The zero-order valence-corrected chi connectivity index (χ0v) is 17.2. The Labute approximate surface area is 170 Å². The van der Waals surface area contributed by atoms with Crippen LogP contribution in [0.1, 0.15) is 54.7 Å². The van der Waals surface area contributed by atoms with Crippen LogP contribution in [0.3, 0.4) is 0 Å². The number of imidazole rings is 1. The zero-order chi connectivity index (χ0) is 20.4. The number of piperidine rings is 1. The maximum atomic E-state index is 12.9. The van der Waals surface area contributed by atoms with Crippen molar-refractivity contribution in [2.24, 2.45) is 5.92 Å². The standard InChI is InChI=1S/C22H27N5O2/c1-15(2)21-23-10-13-27(21)14-17-8-11-26(12-9-17)22(28)19-6-4-18(5-7-19)20-24-16(3)29-25-20/h4-7,10,13,15,17H,8-9,11-12,14H2,1-3H3. The van der Waals surface area contributed by atoms with Crippen LogP contribution in [0.2, 0.25) is 0 Å². The van der Waals surface area contributed by atoms with E-state index >= 15 is 0 Å². The van der Waals surface area contributed by atoms with Crippen LogP contribution in [0.5, 0.6) is 0 Å². The first-order valence-electron chi connectivity index (χ1n) is 10.2. The molecular formula is C22H27N5O2. The van der Waals surface area contributed by atoms with Crippen molar-refractivity contribution in [1.82, 2.24) is 24.6 Å². The van der Waals surface area contributed by atoms with Crippen molar-refractivity contribution >= 4 is 5.91 Å². The SMILES string of the molecule is Cc1nc(-c2ccc(C(=O)N3CCC(Cn4ccnc4C(C)C)CC3)cc2)no1. The second-order valence-corrected chi connectivity index (χ2v) is 8.04. The summed E-state index contributed by atoms with van der Waals surface area (Å²) >= 11 is 0. The lowest BCUT2D eigenvalue weighted by atomic mass is 9.96. The molecule has 1 saturated heterocycles. The second kappa shape index (κ2) is 8.19. The average Bonchev–Trinajstić information content (AvgIpc) is 3.37. The molecule has 1 aliphatic rings. The molecule has 3 aromatic rings. The van der Waals surface area contributed by atoms with E-state index in [1.807, 2.05) is 35.4 Å². The molecule has 152 valence electrons. The van der Waals surface area contributed by atoms with E-state index in [0.29, 0.717) is 29.1 Å². The number of aromatic nitrogens is 4. The molecule has 0 unspecified atom stereocenters. The molecule has 7 heteroatoms. The lowest BCUT2D eigenvalue weighted by Crippen LogP contribution is -2.39. The highest BCUT2D eigenvalue weighted by atomic mass is 16.5. The summed E-state index contributed by atoms with van der Waals surface area (Å²) in [6, 6.07) is 7.43. The van der Waals surface area contributed by atoms with Crippen LogP contribution in [-0.2, 0) is 6.54 Å². The second-order valence-electron chi connectivity index (χ2n) is 8.04. The summed E-state index contributed by atoms with van der Waals surface area (Å²) < 4.78 is 7.29. The highest BCUT2D eigenvalue weighted by Gasteiger charge is 2.24. The predicted octanol–water partition coefficient (Wildman–Crippen LogP) is 3.92. The van der Waals surface area contributed by atoms with Gasteiger partial charge in [-0.3, -0.25) is 4.79 Å². The molecule has 3 heterocycles. The Kier molecular flexibility index (Phi) is 5.47. The Morgan fingerprint density at radius 3 is 2.55 bits per heavy atom. The number of benzene rings is 1. The molecule has 0 spiro atoms. The van der Waals surface area contributed by atoms with Gasteiger partial charge in [0.1, 0.15) is 5.82 Å². The fourth-order valence-electron chi connectivity index (χ4n) is 3.93. The fourth-order valence-corrected chi connectivity index (χ4v) is 3.93. The van der Waals surface area contributed by atoms with Gasteiger partial charge in [-0.15, -0.1) is 0 Å². The van der Waals surface area contributed by atoms with Crippen molar-refractivity contribution in [3.63, 3.8) is 0 Å². The molecule has 1 amide bonds. The molecule has 2 aromatic heterocycles. The summed E-state index contributed by atoms with van der Waals surface area (Å²) in [5.41, 5.74) is 1.54. The number of carbonyl (C=O) groups is 1. The van der Waals surface area contributed by atoms with E-state index in [2.05, 4.69) is 39.7 Å². The van der Waals surface area contributed by atoms with Gasteiger partial charge in [-0.1, -0.05) is 31.1 Å². The highest BCUT2D eigenvalue weighted by molar-refractivity contribution is 5.94. The summed E-state index contributed by atoms with van der Waals surface area (Å²) in [7, 11) is 0. The molecule has 0 radical (unpaired) electrons. The molecule has 29 heavy (non-hydrogen) atoms. The lowest BCUT2D eigenvalue weighted by Gasteiger charge is -2.32. The third kappa shape index (κ3) is 4.23. The quantitative estimate of drug-likeness (QED) is 0.657. The smallest absolute Gasteiger partial charge is 0.253 e. The number of aryl methyl sites for hydroxylation is 1. The number of rotatable bonds is 5. The van der Waals surface area contributed by atoms with Crippen molar-refractivity contribution in [3.8, 4) is 11.4 Å². The number of hydrogen-bond donors (Lipinski definition) is 0. The van der Waals surface area contributed by atoms with E-state index < -0.39 is 0 Å². The summed E-state index contributed by atoms with van der Waals surface area (Å²) in [4.78, 5) is 23.5. The van der Waals surface area contributed by atoms with Crippen LogP contribution in [0, 0.1) is 12.8 Å². The van der Waals surface area contributed by atoms with Gasteiger partial charge in [0.2, 0.25) is 11.7 Å². The van der Waals surface area contributed by atoms with Crippen molar-refractivity contribution in [2.75, 3.05) is 13.1 Å². The Balaban J connectivity index is 1.34. The van der Waals surface area contributed by atoms with Crippen molar-refractivity contribution in [1.29, 1.82) is 0 Å². The van der Waals surface area contributed by atoms with Gasteiger partial charge in [0.15, 0.2) is 0 Å². The van der Waals surface area contributed by atoms with E-state index in [9.17, 15) is 4.79 Å². The van der Waals surface area contributed by atoms with Crippen LogP contribution in [-0.4, -0.2) is 43.6 Å². The Morgan fingerprint density at radius 2 is 1.93 bits per heavy atom. The van der Waals surface area contributed by atoms with Gasteiger partial charge >= 0.3 is 0 Å². The van der Waals surface area contributed by atoms with Gasteiger partial charge in [0.05, 0.1) is 0 Å². The first-order chi connectivity index (χ1) is 14.0. The number of carbonyl (C=O) groups excluding carboxylic acids is 1. The molecule has 1 aromatic carbocycles. The van der Waals surface area contributed by atoms with E-state index in [1.54, 1.807) is 6.92 Å². The first kappa shape index (κ1) is 19.4. The Hall–Kier alpha value is -2.96. The van der Waals surface area contributed by atoms with Crippen LogP contribution in [0.4, 0.5) is 0 Å². The normalized spacial score (nSPS) is 15.2. The van der Waals surface area contributed by atoms with Gasteiger partial charge in [0.25, 0.3) is 5.91 Å². The molecule has 4 rings (SSSR count). The van der Waals surface area contributed by atoms with Crippen molar-refractivity contribution in [2.45, 2.75) is 46.1 Å². The third-order valence-corrected chi connectivity index (χ3v) is 5.54. The number of likely N-dealkylation sites (tertiary alicyclic amines) is 1. The molecule has 0 aliphatic carbocycles. The Bertz CT molecular complexity index is 965. The van der Waals surface area contributed by atoms with Gasteiger partial charge in [0, 0.05) is 56.0 Å². The molecule has 1 fully saturated rings. The molecule has 1 aliphatic heterocycles. The molecule has 0 N–H and O–H groups in total. The van der Waals surface area contributed by atoms with Crippen molar-refractivity contribution < 1.29 is 9.32 Å². The maximum Gasteiger partial charge on any atom is 0.253 e. The fraction of sp³-hybridized carbons (Fsp3) is 0.455. The third-order valence-electron chi connectivity index (χ3n) is 5.54. The van der Waals surface area contributed by atoms with Gasteiger partial charge in [-0.05, 0) is 30.9 Å². The topological polar surface area (TPSA) is 77.1 Å². The minimum atomic E-state index is 0.0878. The molecule has 0 saturated carbocycles. The first-order valence-corrected chi connectivity index (χ1v) is 10.2. The molecular weight excluding hydrogens is 366 g/mol. The van der Waals surface area contributed by atoms with Crippen molar-refractivity contribution in [3.05, 3.63) is 53.9 Å². The summed E-state index contributed by atoms with van der Waals surface area (Å²) in [6.45, 7) is 8.67. The minimum Gasteiger partial charge on any atom is -0.339 e.